The number of thiophene rings is 1. The zero-order chi connectivity index (χ0) is 10.4. The molecule has 1 amide bonds. The third-order valence-corrected chi connectivity index (χ3v) is 2.83. The summed E-state index contributed by atoms with van der Waals surface area (Å²) in [7, 11) is 0. The predicted molar refractivity (Wildman–Crippen MR) is 66.3 cm³/mol. The number of hydrogen-bond donors (Lipinski definition) is 2. The molecular formula is C10H17ClN2OS. The van der Waals surface area contributed by atoms with Crippen LogP contribution in [0, 0.1) is 0 Å². The lowest BCUT2D eigenvalue weighted by molar-refractivity contribution is -0.122. The smallest absolute Gasteiger partial charge is 0.237 e. The minimum absolute atomic E-state index is 0. The van der Waals surface area contributed by atoms with Crippen LogP contribution in [-0.2, 0) is 11.3 Å². The van der Waals surface area contributed by atoms with Gasteiger partial charge in [-0.2, -0.15) is 0 Å². The van der Waals surface area contributed by atoms with Gasteiger partial charge < -0.3 is 11.1 Å². The maximum Gasteiger partial charge on any atom is 0.237 e. The standard InChI is InChI=1S/C10H16N2OS.ClH/c1-2-4-9(11)10(13)12-7-8-5-3-6-14-8;/h3,5-6,9H,2,4,7,11H2,1H3,(H,12,13);1H. The van der Waals surface area contributed by atoms with E-state index < -0.39 is 0 Å². The summed E-state index contributed by atoms with van der Waals surface area (Å²) in [6, 6.07) is 3.61. The van der Waals surface area contributed by atoms with Crippen molar-refractivity contribution in [2.24, 2.45) is 5.73 Å². The van der Waals surface area contributed by atoms with Gasteiger partial charge in [0.15, 0.2) is 0 Å². The van der Waals surface area contributed by atoms with E-state index in [9.17, 15) is 4.79 Å². The first-order valence-corrected chi connectivity index (χ1v) is 5.67. The van der Waals surface area contributed by atoms with E-state index in [1.807, 2.05) is 24.4 Å². The summed E-state index contributed by atoms with van der Waals surface area (Å²) in [6.07, 6.45) is 1.68. The number of carbonyl (C=O) groups is 1. The third-order valence-electron chi connectivity index (χ3n) is 1.95. The van der Waals surface area contributed by atoms with Crippen molar-refractivity contribution in [3.05, 3.63) is 22.4 Å². The average molecular weight is 249 g/mol. The minimum Gasteiger partial charge on any atom is -0.350 e. The van der Waals surface area contributed by atoms with Gasteiger partial charge in [-0.1, -0.05) is 19.4 Å². The molecule has 0 aliphatic rings. The lowest BCUT2D eigenvalue weighted by atomic mass is 10.2. The Morgan fingerprint density at radius 1 is 1.67 bits per heavy atom. The third kappa shape index (κ3) is 5.16. The van der Waals surface area contributed by atoms with Crippen LogP contribution in [0.2, 0.25) is 0 Å². The summed E-state index contributed by atoms with van der Waals surface area (Å²) >= 11 is 1.63. The van der Waals surface area contributed by atoms with Gasteiger partial charge >= 0.3 is 0 Å². The molecule has 0 aromatic carbocycles. The van der Waals surface area contributed by atoms with Gasteiger partial charge in [-0.15, -0.1) is 23.7 Å². The molecule has 3 nitrogen and oxygen atoms in total. The summed E-state index contributed by atoms with van der Waals surface area (Å²) in [5, 5.41) is 4.81. The second-order valence-electron chi connectivity index (χ2n) is 3.19. The molecular weight excluding hydrogens is 232 g/mol. The van der Waals surface area contributed by atoms with Crippen molar-refractivity contribution in [2.75, 3.05) is 0 Å². The van der Waals surface area contributed by atoms with E-state index in [1.165, 1.54) is 0 Å². The number of rotatable bonds is 5. The van der Waals surface area contributed by atoms with Gasteiger partial charge in [0, 0.05) is 4.88 Å². The van der Waals surface area contributed by atoms with Crippen LogP contribution in [0.4, 0.5) is 0 Å². The van der Waals surface area contributed by atoms with Gasteiger partial charge in [0.2, 0.25) is 5.91 Å². The molecule has 3 N–H and O–H groups in total. The highest BCUT2D eigenvalue weighted by Gasteiger charge is 2.11. The van der Waals surface area contributed by atoms with Gasteiger partial charge in [-0.25, -0.2) is 0 Å². The lowest BCUT2D eigenvalue weighted by Crippen LogP contribution is -2.39. The Balaban J connectivity index is 0.00000196. The molecule has 0 aliphatic carbocycles. The molecule has 1 rings (SSSR count). The quantitative estimate of drug-likeness (QED) is 0.837. The van der Waals surface area contributed by atoms with Crippen molar-refractivity contribution >= 4 is 29.7 Å². The van der Waals surface area contributed by atoms with Gasteiger partial charge in [-0.05, 0) is 17.9 Å². The fourth-order valence-electron chi connectivity index (χ4n) is 1.16. The zero-order valence-electron chi connectivity index (χ0n) is 8.73. The lowest BCUT2D eigenvalue weighted by Gasteiger charge is -2.09. The van der Waals surface area contributed by atoms with Gasteiger partial charge in [-0.3, -0.25) is 4.79 Å². The maximum atomic E-state index is 11.4. The summed E-state index contributed by atoms with van der Waals surface area (Å²) in [5.74, 6) is -0.0553. The predicted octanol–water partition coefficient (Wildman–Crippen LogP) is 1.91. The molecule has 0 saturated carbocycles. The average Bonchev–Trinajstić information content (AvgIpc) is 2.67. The van der Waals surface area contributed by atoms with Gasteiger partial charge in [0.25, 0.3) is 0 Å². The fraction of sp³-hybridized carbons (Fsp3) is 0.500. The first-order chi connectivity index (χ1) is 6.74. The zero-order valence-corrected chi connectivity index (χ0v) is 10.4. The van der Waals surface area contributed by atoms with Crippen molar-refractivity contribution in [1.82, 2.24) is 5.32 Å². The van der Waals surface area contributed by atoms with Crippen molar-refractivity contribution in [3.8, 4) is 0 Å². The minimum atomic E-state index is -0.361. The van der Waals surface area contributed by atoms with Crippen LogP contribution >= 0.6 is 23.7 Å². The molecule has 0 bridgehead atoms. The van der Waals surface area contributed by atoms with Crippen LogP contribution in [0.3, 0.4) is 0 Å². The highest BCUT2D eigenvalue weighted by Crippen LogP contribution is 2.07. The number of nitrogens with one attached hydrogen (secondary N) is 1. The van der Waals surface area contributed by atoms with E-state index in [4.69, 9.17) is 5.73 Å². The number of nitrogens with two attached hydrogens (primary N) is 1. The number of halogens is 1. The Morgan fingerprint density at radius 2 is 2.40 bits per heavy atom. The molecule has 0 aliphatic heterocycles. The molecule has 0 radical (unpaired) electrons. The molecule has 1 heterocycles. The fourth-order valence-corrected chi connectivity index (χ4v) is 1.81. The number of carbonyl (C=O) groups excluding carboxylic acids is 1. The van der Waals surface area contributed by atoms with Crippen LogP contribution in [0.5, 0.6) is 0 Å². The largest absolute Gasteiger partial charge is 0.350 e. The topological polar surface area (TPSA) is 55.1 Å². The molecule has 1 unspecified atom stereocenters. The van der Waals surface area contributed by atoms with E-state index in [1.54, 1.807) is 11.3 Å². The van der Waals surface area contributed by atoms with E-state index in [-0.39, 0.29) is 24.4 Å². The summed E-state index contributed by atoms with van der Waals surface area (Å²) in [6.45, 7) is 2.61. The summed E-state index contributed by atoms with van der Waals surface area (Å²) in [4.78, 5) is 12.6. The van der Waals surface area contributed by atoms with Crippen LogP contribution < -0.4 is 11.1 Å². The van der Waals surface area contributed by atoms with Crippen molar-refractivity contribution in [3.63, 3.8) is 0 Å². The van der Waals surface area contributed by atoms with Crippen LogP contribution in [0.15, 0.2) is 17.5 Å². The summed E-state index contributed by atoms with van der Waals surface area (Å²) < 4.78 is 0. The molecule has 86 valence electrons. The first-order valence-electron chi connectivity index (χ1n) is 4.79. The Morgan fingerprint density at radius 3 is 2.93 bits per heavy atom. The van der Waals surface area contributed by atoms with Crippen LogP contribution in [0.25, 0.3) is 0 Å². The van der Waals surface area contributed by atoms with E-state index in [2.05, 4.69) is 5.32 Å². The second kappa shape index (κ2) is 7.68. The Labute approximate surface area is 100 Å². The van der Waals surface area contributed by atoms with Crippen molar-refractivity contribution in [2.45, 2.75) is 32.4 Å². The number of amides is 1. The molecule has 0 spiro atoms. The number of hydrogen-bond acceptors (Lipinski definition) is 3. The highest BCUT2D eigenvalue weighted by atomic mass is 35.5. The van der Waals surface area contributed by atoms with E-state index >= 15 is 0 Å². The van der Waals surface area contributed by atoms with Crippen LogP contribution in [0.1, 0.15) is 24.6 Å². The molecule has 5 heteroatoms. The van der Waals surface area contributed by atoms with Crippen LogP contribution in [-0.4, -0.2) is 11.9 Å². The van der Waals surface area contributed by atoms with Crippen molar-refractivity contribution in [1.29, 1.82) is 0 Å². The first kappa shape index (κ1) is 14.4. The molecule has 0 saturated heterocycles. The molecule has 0 fully saturated rings. The highest BCUT2D eigenvalue weighted by molar-refractivity contribution is 7.09. The monoisotopic (exact) mass is 248 g/mol. The normalized spacial score (nSPS) is 11.6. The van der Waals surface area contributed by atoms with E-state index in [0.717, 1.165) is 17.7 Å². The van der Waals surface area contributed by atoms with Gasteiger partial charge in [0.1, 0.15) is 0 Å². The Kier molecular flexibility index (Phi) is 7.38. The van der Waals surface area contributed by atoms with Crippen molar-refractivity contribution < 1.29 is 4.79 Å². The summed E-state index contributed by atoms with van der Waals surface area (Å²) in [5.41, 5.74) is 5.66. The van der Waals surface area contributed by atoms with Gasteiger partial charge in [0.05, 0.1) is 12.6 Å². The Hall–Kier alpha value is -0.580. The molecule has 1 aromatic heterocycles. The SMILES string of the molecule is CCCC(N)C(=O)NCc1cccs1.Cl. The molecule has 15 heavy (non-hydrogen) atoms. The second-order valence-corrected chi connectivity index (χ2v) is 4.22. The van der Waals surface area contributed by atoms with E-state index in [0.29, 0.717) is 6.54 Å². The Bertz CT molecular complexity index is 277. The maximum absolute atomic E-state index is 11.4. The molecule has 1 aromatic rings. The molecule has 1 atom stereocenters.